The highest BCUT2D eigenvalue weighted by Gasteiger charge is 2.21. The summed E-state index contributed by atoms with van der Waals surface area (Å²) in [5.41, 5.74) is 7.48. The Hall–Kier alpha value is -1.63. The lowest BCUT2D eigenvalue weighted by Crippen LogP contribution is -2.53. The maximum absolute atomic E-state index is 8.72. The van der Waals surface area contributed by atoms with Crippen LogP contribution in [-0.2, 0) is 6.54 Å². The number of amidine groups is 1. The fraction of sp³-hybridized carbons (Fsp3) is 0.533. The van der Waals surface area contributed by atoms with Gasteiger partial charge in [-0.25, -0.2) is 0 Å². The Morgan fingerprint density at radius 2 is 2.24 bits per heavy atom. The Kier molecular flexibility index (Phi) is 5.55. The summed E-state index contributed by atoms with van der Waals surface area (Å²) < 4.78 is 0. The van der Waals surface area contributed by atoms with Gasteiger partial charge in [-0.05, 0) is 25.7 Å². The molecule has 1 fully saturated rings. The van der Waals surface area contributed by atoms with Crippen molar-refractivity contribution in [2.75, 3.05) is 40.3 Å². The largest absolute Gasteiger partial charge is 0.409 e. The maximum atomic E-state index is 8.72. The molecule has 0 spiro atoms. The van der Waals surface area contributed by atoms with Gasteiger partial charge in [-0.3, -0.25) is 4.90 Å². The smallest absolute Gasteiger partial charge is 0.170 e. The van der Waals surface area contributed by atoms with E-state index in [4.69, 9.17) is 10.9 Å². The van der Waals surface area contributed by atoms with Gasteiger partial charge in [-0.1, -0.05) is 23.4 Å². The first-order chi connectivity index (χ1) is 10.1. The monoisotopic (exact) mass is 291 g/mol. The molecule has 6 heteroatoms. The number of nitrogens with zero attached hydrogens (tertiary/aromatic N) is 3. The number of likely N-dealkylation sites (N-methyl/N-ethyl adjacent to an activating group) is 2. The van der Waals surface area contributed by atoms with E-state index < -0.39 is 0 Å². The van der Waals surface area contributed by atoms with Crippen LogP contribution in [0.5, 0.6) is 0 Å². The SMILES string of the molecule is CN1CCN(C)C(CNCc2cccc(C(N)=NO)c2)C1. The molecule has 1 aromatic rings. The molecule has 4 N–H and O–H groups in total. The number of oxime groups is 1. The van der Waals surface area contributed by atoms with Crippen LogP contribution in [0.3, 0.4) is 0 Å². The maximum Gasteiger partial charge on any atom is 0.170 e. The Morgan fingerprint density at radius 1 is 1.43 bits per heavy atom. The van der Waals surface area contributed by atoms with Crippen molar-refractivity contribution < 1.29 is 5.21 Å². The summed E-state index contributed by atoms with van der Waals surface area (Å²) in [6.07, 6.45) is 0. The van der Waals surface area contributed by atoms with Gasteiger partial charge >= 0.3 is 0 Å². The van der Waals surface area contributed by atoms with Crippen molar-refractivity contribution >= 4 is 5.84 Å². The Labute approximate surface area is 126 Å². The predicted octanol–water partition coefficient (Wildman–Crippen LogP) is 0.117. The minimum absolute atomic E-state index is 0.144. The predicted molar refractivity (Wildman–Crippen MR) is 84.6 cm³/mol. The summed E-state index contributed by atoms with van der Waals surface area (Å²) in [5, 5.41) is 15.2. The fourth-order valence-electron chi connectivity index (χ4n) is 2.60. The molecule has 1 atom stereocenters. The van der Waals surface area contributed by atoms with Crippen molar-refractivity contribution in [1.29, 1.82) is 0 Å². The second kappa shape index (κ2) is 7.40. The molecule has 21 heavy (non-hydrogen) atoms. The minimum Gasteiger partial charge on any atom is -0.409 e. The quantitative estimate of drug-likeness (QED) is 0.311. The molecule has 1 aliphatic rings. The molecule has 0 saturated carbocycles. The molecule has 116 valence electrons. The Morgan fingerprint density at radius 3 is 3.00 bits per heavy atom. The summed E-state index contributed by atoms with van der Waals surface area (Å²) in [4.78, 5) is 4.77. The molecule has 0 radical (unpaired) electrons. The van der Waals surface area contributed by atoms with E-state index >= 15 is 0 Å². The van der Waals surface area contributed by atoms with Crippen LogP contribution in [0, 0.1) is 0 Å². The van der Waals surface area contributed by atoms with Crippen molar-refractivity contribution in [3.63, 3.8) is 0 Å². The molecule has 2 rings (SSSR count). The summed E-state index contributed by atoms with van der Waals surface area (Å²) >= 11 is 0. The zero-order valence-corrected chi connectivity index (χ0v) is 12.8. The number of rotatable bonds is 5. The number of nitrogens with two attached hydrogens (primary N) is 1. The highest BCUT2D eigenvalue weighted by atomic mass is 16.4. The number of nitrogens with one attached hydrogen (secondary N) is 1. The molecular weight excluding hydrogens is 266 g/mol. The van der Waals surface area contributed by atoms with Gasteiger partial charge in [0.2, 0.25) is 0 Å². The van der Waals surface area contributed by atoms with E-state index in [1.54, 1.807) is 0 Å². The lowest BCUT2D eigenvalue weighted by atomic mass is 10.1. The average Bonchev–Trinajstić information content (AvgIpc) is 2.50. The molecule has 1 saturated heterocycles. The third kappa shape index (κ3) is 4.42. The van der Waals surface area contributed by atoms with Crippen LogP contribution >= 0.6 is 0 Å². The van der Waals surface area contributed by atoms with Gasteiger partial charge in [-0.2, -0.15) is 0 Å². The van der Waals surface area contributed by atoms with Gasteiger partial charge in [0, 0.05) is 44.3 Å². The third-order valence-electron chi connectivity index (χ3n) is 4.02. The average molecular weight is 291 g/mol. The Balaban J connectivity index is 1.86. The first-order valence-corrected chi connectivity index (χ1v) is 7.26. The zero-order valence-electron chi connectivity index (χ0n) is 12.8. The lowest BCUT2D eigenvalue weighted by Gasteiger charge is -2.37. The molecule has 1 aromatic carbocycles. The zero-order chi connectivity index (χ0) is 15.2. The van der Waals surface area contributed by atoms with Gasteiger partial charge in [0.25, 0.3) is 0 Å². The van der Waals surface area contributed by atoms with Crippen LogP contribution in [-0.4, -0.2) is 67.2 Å². The van der Waals surface area contributed by atoms with Gasteiger partial charge in [0.15, 0.2) is 5.84 Å². The summed E-state index contributed by atoms with van der Waals surface area (Å²) in [6, 6.07) is 8.28. The molecule has 1 aliphatic heterocycles. The number of benzene rings is 1. The van der Waals surface area contributed by atoms with Gasteiger partial charge < -0.3 is 21.2 Å². The normalized spacial score (nSPS) is 21.6. The van der Waals surface area contributed by atoms with Crippen LogP contribution in [0.2, 0.25) is 0 Å². The summed E-state index contributed by atoms with van der Waals surface area (Å²) in [6.45, 7) is 5.07. The van der Waals surface area contributed by atoms with Crippen LogP contribution in [0.15, 0.2) is 29.4 Å². The molecule has 6 nitrogen and oxygen atoms in total. The van der Waals surface area contributed by atoms with E-state index in [1.807, 2.05) is 24.3 Å². The van der Waals surface area contributed by atoms with E-state index in [0.29, 0.717) is 6.04 Å². The van der Waals surface area contributed by atoms with Crippen LogP contribution in [0.1, 0.15) is 11.1 Å². The summed E-state index contributed by atoms with van der Waals surface area (Å²) in [7, 11) is 4.35. The van der Waals surface area contributed by atoms with Crippen molar-refractivity contribution in [1.82, 2.24) is 15.1 Å². The molecule has 1 unspecified atom stereocenters. The molecule has 0 amide bonds. The molecule has 1 heterocycles. The number of hydrogen-bond acceptors (Lipinski definition) is 5. The van der Waals surface area contributed by atoms with Crippen LogP contribution in [0.4, 0.5) is 0 Å². The minimum atomic E-state index is 0.144. The highest BCUT2D eigenvalue weighted by Crippen LogP contribution is 2.07. The first kappa shape index (κ1) is 15.8. The van der Waals surface area contributed by atoms with Gasteiger partial charge in [0.05, 0.1) is 0 Å². The topological polar surface area (TPSA) is 77.1 Å². The van der Waals surface area contributed by atoms with E-state index in [2.05, 4.69) is 34.4 Å². The van der Waals surface area contributed by atoms with E-state index in [0.717, 1.165) is 43.9 Å². The fourth-order valence-corrected chi connectivity index (χ4v) is 2.60. The highest BCUT2D eigenvalue weighted by molar-refractivity contribution is 5.97. The second-order valence-corrected chi connectivity index (χ2v) is 5.71. The number of piperazine rings is 1. The Bertz CT molecular complexity index is 491. The van der Waals surface area contributed by atoms with Crippen molar-refractivity contribution in [3.8, 4) is 0 Å². The molecular formula is C15H25N5O. The lowest BCUT2D eigenvalue weighted by molar-refractivity contribution is 0.113. The first-order valence-electron chi connectivity index (χ1n) is 7.26. The van der Waals surface area contributed by atoms with E-state index in [1.165, 1.54) is 0 Å². The second-order valence-electron chi connectivity index (χ2n) is 5.71. The molecule has 0 aromatic heterocycles. The molecule has 0 aliphatic carbocycles. The van der Waals surface area contributed by atoms with Gasteiger partial charge in [0.1, 0.15) is 0 Å². The number of hydrogen-bond donors (Lipinski definition) is 3. The van der Waals surface area contributed by atoms with Gasteiger partial charge in [-0.15, -0.1) is 0 Å². The van der Waals surface area contributed by atoms with Crippen LogP contribution < -0.4 is 11.1 Å². The summed E-state index contributed by atoms with van der Waals surface area (Å²) in [5.74, 6) is 0.144. The standard InChI is InChI=1S/C15H25N5O/c1-19-6-7-20(2)14(11-19)10-17-9-12-4-3-5-13(8-12)15(16)18-21/h3-5,8,14,17,21H,6-7,9-11H2,1-2H3,(H2,16,18). The van der Waals surface area contributed by atoms with Crippen LogP contribution in [0.25, 0.3) is 0 Å². The van der Waals surface area contributed by atoms with Crippen molar-refractivity contribution in [2.45, 2.75) is 12.6 Å². The van der Waals surface area contributed by atoms with Crippen molar-refractivity contribution in [2.24, 2.45) is 10.9 Å². The van der Waals surface area contributed by atoms with Crippen molar-refractivity contribution in [3.05, 3.63) is 35.4 Å². The molecule has 0 bridgehead atoms. The van der Waals surface area contributed by atoms with E-state index in [-0.39, 0.29) is 5.84 Å². The van der Waals surface area contributed by atoms with E-state index in [9.17, 15) is 0 Å². The third-order valence-corrected chi connectivity index (χ3v) is 4.02.